The van der Waals surface area contributed by atoms with Crippen molar-refractivity contribution in [2.45, 2.75) is 12.6 Å². The maximum absolute atomic E-state index is 6.03. The summed E-state index contributed by atoms with van der Waals surface area (Å²) in [7, 11) is 0. The first kappa shape index (κ1) is 16.6. The van der Waals surface area contributed by atoms with E-state index in [1.807, 2.05) is 60.0 Å². The van der Waals surface area contributed by atoms with Crippen LogP contribution in [0.5, 0.6) is 5.75 Å². The molecule has 0 amide bonds. The first-order chi connectivity index (χ1) is 11.8. The molecule has 3 rings (SSSR count). The lowest BCUT2D eigenvalue weighted by Crippen LogP contribution is -2.32. The molecule has 0 saturated heterocycles. The van der Waals surface area contributed by atoms with Crippen molar-refractivity contribution in [1.82, 2.24) is 9.59 Å². The van der Waals surface area contributed by atoms with Crippen LogP contribution in [0.4, 0.5) is 0 Å². The molecule has 0 radical (unpaired) electrons. The number of hydrogen-bond acceptors (Lipinski definition) is 6. The molecule has 0 bridgehead atoms. The minimum atomic E-state index is -0.170. The zero-order valence-corrected chi connectivity index (χ0v) is 14.0. The summed E-state index contributed by atoms with van der Waals surface area (Å²) in [5, 5.41) is 5.95. The molecule has 0 spiro atoms. The third-order valence-electron chi connectivity index (χ3n) is 3.42. The van der Waals surface area contributed by atoms with Gasteiger partial charge in [-0.15, -0.1) is 5.10 Å². The Kier molecular flexibility index (Phi) is 5.90. The molecule has 6 heteroatoms. The van der Waals surface area contributed by atoms with Gasteiger partial charge in [0.2, 0.25) is 0 Å². The van der Waals surface area contributed by atoms with Crippen molar-refractivity contribution >= 4 is 11.5 Å². The Hall–Kier alpha value is -2.28. The molecule has 1 atom stereocenters. The highest BCUT2D eigenvalue weighted by molar-refractivity contribution is 7.03. The van der Waals surface area contributed by atoms with Crippen LogP contribution in [0.25, 0.3) is 11.3 Å². The standard InChI is InChI=1S/C18H19N3O2S/c19-16(11-22-10-14-4-2-1-3-5-14)12-23-17-8-6-15(7-9-17)18-13-24-21-20-18/h1-9,13,16H,10-12,19H2/t16-/m1/s1. The van der Waals surface area contributed by atoms with Gasteiger partial charge in [-0.2, -0.15) is 0 Å². The van der Waals surface area contributed by atoms with Crippen LogP contribution in [0.1, 0.15) is 5.56 Å². The number of benzene rings is 2. The monoisotopic (exact) mass is 341 g/mol. The molecule has 1 aromatic heterocycles. The van der Waals surface area contributed by atoms with Crippen molar-refractivity contribution in [1.29, 1.82) is 0 Å². The molecular weight excluding hydrogens is 322 g/mol. The summed E-state index contributed by atoms with van der Waals surface area (Å²) in [5.74, 6) is 0.778. The van der Waals surface area contributed by atoms with Crippen LogP contribution in [0.2, 0.25) is 0 Å². The summed E-state index contributed by atoms with van der Waals surface area (Å²) in [6, 6.07) is 17.6. The van der Waals surface area contributed by atoms with Gasteiger partial charge < -0.3 is 15.2 Å². The highest BCUT2D eigenvalue weighted by Gasteiger charge is 2.06. The van der Waals surface area contributed by atoms with Gasteiger partial charge in [-0.25, -0.2) is 0 Å². The molecule has 0 saturated carbocycles. The average molecular weight is 341 g/mol. The Balaban J connectivity index is 1.40. The predicted octanol–water partition coefficient (Wildman–Crippen LogP) is 3.13. The highest BCUT2D eigenvalue weighted by Crippen LogP contribution is 2.21. The molecule has 124 valence electrons. The second kappa shape index (κ2) is 8.54. The van der Waals surface area contributed by atoms with E-state index in [1.54, 1.807) is 0 Å². The highest BCUT2D eigenvalue weighted by atomic mass is 32.1. The Bertz CT molecular complexity index is 718. The number of ether oxygens (including phenoxy) is 2. The van der Waals surface area contributed by atoms with Gasteiger partial charge in [0.1, 0.15) is 18.1 Å². The molecule has 0 aliphatic rings. The second-order valence-electron chi connectivity index (χ2n) is 5.39. The quantitative estimate of drug-likeness (QED) is 0.682. The molecule has 0 aliphatic heterocycles. The van der Waals surface area contributed by atoms with Gasteiger partial charge in [0.25, 0.3) is 0 Å². The first-order valence-corrected chi connectivity index (χ1v) is 8.52. The molecule has 2 N–H and O–H groups in total. The zero-order chi connectivity index (χ0) is 16.6. The maximum atomic E-state index is 6.03. The van der Waals surface area contributed by atoms with E-state index >= 15 is 0 Å². The molecule has 5 nitrogen and oxygen atoms in total. The van der Waals surface area contributed by atoms with Crippen LogP contribution < -0.4 is 10.5 Å². The second-order valence-corrected chi connectivity index (χ2v) is 6.00. The number of aromatic nitrogens is 2. The summed E-state index contributed by atoms with van der Waals surface area (Å²) < 4.78 is 15.2. The Morgan fingerprint density at radius 1 is 1.00 bits per heavy atom. The summed E-state index contributed by atoms with van der Waals surface area (Å²) in [6.07, 6.45) is 0. The number of hydrogen-bond donors (Lipinski definition) is 1. The molecule has 1 heterocycles. The van der Waals surface area contributed by atoms with Crippen LogP contribution in [0, 0.1) is 0 Å². The van der Waals surface area contributed by atoms with Crippen LogP contribution in [-0.4, -0.2) is 28.8 Å². The number of nitrogens with zero attached hydrogens (tertiary/aromatic N) is 2. The van der Waals surface area contributed by atoms with Gasteiger partial charge >= 0.3 is 0 Å². The largest absolute Gasteiger partial charge is 0.492 e. The minimum absolute atomic E-state index is 0.170. The van der Waals surface area contributed by atoms with E-state index in [2.05, 4.69) is 9.59 Å². The zero-order valence-electron chi connectivity index (χ0n) is 13.2. The Morgan fingerprint density at radius 3 is 2.50 bits per heavy atom. The molecule has 0 unspecified atom stereocenters. The van der Waals surface area contributed by atoms with Crippen molar-refractivity contribution in [3.8, 4) is 17.0 Å². The van der Waals surface area contributed by atoms with Crippen molar-refractivity contribution in [3.05, 3.63) is 65.5 Å². The molecule has 2 aromatic carbocycles. The molecule has 0 fully saturated rings. The molecular formula is C18H19N3O2S. The summed E-state index contributed by atoms with van der Waals surface area (Å²) in [5.41, 5.74) is 9.06. The van der Waals surface area contributed by atoms with E-state index in [0.29, 0.717) is 19.8 Å². The van der Waals surface area contributed by atoms with Gasteiger partial charge in [-0.1, -0.05) is 34.8 Å². The smallest absolute Gasteiger partial charge is 0.119 e. The normalized spacial score (nSPS) is 12.0. The van der Waals surface area contributed by atoms with E-state index in [1.165, 1.54) is 11.5 Å². The van der Waals surface area contributed by atoms with Crippen LogP contribution in [-0.2, 0) is 11.3 Å². The summed E-state index contributed by atoms with van der Waals surface area (Å²) in [6.45, 7) is 1.43. The fourth-order valence-electron chi connectivity index (χ4n) is 2.17. The molecule has 24 heavy (non-hydrogen) atoms. The summed E-state index contributed by atoms with van der Waals surface area (Å²) >= 11 is 1.34. The predicted molar refractivity (Wildman–Crippen MR) is 94.9 cm³/mol. The van der Waals surface area contributed by atoms with Crippen LogP contribution >= 0.6 is 11.5 Å². The van der Waals surface area contributed by atoms with Crippen LogP contribution in [0.15, 0.2) is 60.0 Å². The topological polar surface area (TPSA) is 70.3 Å². The third kappa shape index (κ3) is 4.86. The van der Waals surface area contributed by atoms with E-state index in [9.17, 15) is 0 Å². The Labute approximate surface area is 145 Å². The number of nitrogens with two attached hydrogens (primary N) is 1. The van der Waals surface area contributed by atoms with Gasteiger partial charge in [0.05, 0.1) is 19.3 Å². The maximum Gasteiger partial charge on any atom is 0.119 e. The average Bonchev–Trinajstić information content (AvgIpc) is 3.16. The summed E-state index contributed by atoms with van der Waals surface area (Å²) in [4.78, 5) is 0. The van der Waals surface area contributed by atoms with Crippen molar-refractivity contribution < 1.29 is 9.47 Å². The van der Waals surface area contributed by atoms with Gasteiger partial charge in [-0.3, -0.25) is 0 Å². The lowest BCUT2D eigenvalue weighted by molar-refractivity contribution is 0.0935. The minimum Gasteiger partial charge on any atom is -0.492 e. The lowest BCUT2D eigenvalue weighted by atomic mass is 10.2. The Morgan fingerprint density at radius 2 is 1.79 bits per heavy atom. The van der Waals surface area contributed by atoms with Crippen molar-refractivity contribution in [2.75, 3.05) is 13.2 Å². The number of rotatable bonds is 8. The van der Waals surface area contributed by atoms with Crippen molar-refractivity contribution in [2.24, 2.45) is 5.73 Å². The first-order valence-electron chi connectivity index (χ1n) is 7.69. The lowest BCUT2D eigenvalue weighted by Gasteiger charge is -2.14. The molecule has 3 aromatic rings. The van der Waals surface area contributed by atoms with E-state index in [-0.39, 0.29) is 6.04 Å². The van der Waals surface area contributed by atoms with Gasteiger partial charge in [-0.05, 0) is 41.4 Å². The fourth-order valence-corrected chi connectivity index (χ4v) is 2.63. The van der Waals surface area contributed by atoms with Crippen LogP contribution in [0.3, 0.4) is 0 Å². The van der Waals surface area contributed by atoms with E-state index in [0.717, 1.165) is 22.6 Å². The van der Waals surface area contributed by atoms with Gasteiger partial charge in [0.15, 0.2) is 0 Å². The van der Waals surface area contributed by atoms with E-state index in [4.69, 9.17) is 15.2 Å². The molecule has 0 aliphatic carbocycles. The fraction of sp³-hybridized carbons (Fsp3) is 0.222. The van der Waals surface area contributed by atoms with Gasteiger partial charge in [0, 0.05) is 10.9 Å². The van der Waals surface area contributed by atoms with E-state index < -0.39 is 0 Å². The van der Waals surface area contributed by atoms with Crippen molar-refractivity contribution in [3.63, 3.8) is 0 Å². The SMILES string of the molecule is N[C@H](COCc1ccccc1)COc1ccc(-c2csnn2)cc1. The third-order valence-corrected chi connectivity index (χ3v) is 3.92.